The first-order valence-corrected chi connectivity index (χ1v) is 11.5. The minimum atomic E-state index is 0.448. The van der Waals surface area contributed by atoms with Gasteiger partial charge in [-0.2, -0.15) is 0 Å². The van der Waals surface area contributed by atoms with Crippen LogP contribution in [0.15, 0.2) is 105 Å². The van der Waals surface area contributed by atoms with Crippen molar-refractivity contribution in [3.63, 3.8) is 0 Å². The number of nitrogens with two attached hydrogens (primary N) is 1. The van der Waals surface area contributed by atoms with E-state index in [1.165, 1.54) is 9.79 Å². The van der Waals surface area contributed by atoms with Crippen molar-refractivity contribution in [3.8, 4) is 5.75 Å². The molecular formula is C26H21N3OS2. The normalized spacial score (nSPS) is 14.8. The molecule has 4 nitrogen and oxygen atoms in total. The summed E-state index contributed by atoms with van der Waals surface area (Å²) in [5.74, 6) is 1.28. The molecule has 0 radical (unpaired) electrons. The summed E-state index contributed by atoms with van der Waals surface area (Å²) in [5.41, 5.74) is 11.0. The van der Waals surface area contributed by atoms with E-state index in [1.54, 1.807) is 11.8 Å². The maximum atomic E-state index is 6.16. The third-order valence-corrected chi connectivity index (χ3v) is 6.74. The first-order valence-electron chi connectivity index (χ1n) is 10.3. The van der Waals surface area contributed by atoms with Crippen LogP contribution in [0.5, 0.6) is 5.75 Å². The van der Waals surface area contributed by atoms with E-state index < -0.39 is 0 Å². The van der Waals surface area contributed by atoms with E-state index in [4.69, 9.17) is 22.7 Å². The van der Waals surface area contributed by atoms with Crippen LogP contribution in [0.1, 0.15) is 12.0 Å². The van der Waals surface area contributed by atoms with Gasteiger partial charge in [0, 0.05) is 32.7 Å². The number of nitrogens with zero attached hydrogens (tertiary/aromatic N) is 1. The molecule has 0 saturated carbocycles. The molecule has 0 aromatic heterocycles. The number of aliphatic imine (C=N–C) groups is 1. The van der Waals surface area contributed by atoms with Crippen LogP contribution in [0.3, 0.4) is 0 Å². The number of benzene rings is 3. The Morgan fingerprint density at radius 3 is 2.69 bits per heavy atom. The molecule has 3 N–H and O–H groups in total. The van der Waals surface area contributed by atoms with Gasteiger partial charge in [-0.1, -0.05) is 66.5 Å². The minimum Gasteiger partial charge on any atom is -0.489 e. The molecule has 0 spiro atoms. The number of ether oxygens (including phenoxy) is 1. The zero-order valence-electron chi connectivity index (χ0n) is 17.2. The van der Waals surface area contributed by atoms with Crippen LogP contribution >= 0.6 is 24.0 Å². The minimum absolute atomic E-state index is 0.448. The number of para-hydroxylation sites is 1. The Balaban J connectivity index is 1.24. The van der Waals surface area contributed by atoms with Gasteiger partial charge in [0.15, 0.2) is 0 Å². The molecule has 6 heteroatoms. The molecule has 2 aliphatic rings. The highest BCUT2D eigenvalue weighted by Crippen LogP contribution is 2.45. The summed E-state index contributed by atoms with van der Waals surface area (Å²) in [6.07, 6.45) is 6.63. The van der Waals surface area contributed by atoms with Crippen LogP contribution < -0.4 is 15.8 Å². The van der Waals surface area contributed by atoms with Crippen molar-refractivity contribution in [3.05, 3.63) is 96.1 Å². The lowest BCUT2D eigenvalue weighted by molar-refractivity contribution is 0.306. The molecule has 1 heterocycles. The number of hydrogen-bond donors (Lipinski definition) is 2. The molecule has 32 heavy (non-hydrogen) atoms. The number of rotatable bonds is 5. The third kappa shape index (κ3) is 4.47. The van der Waals surface area contributed by atoms with Crippen molar-refractivity contribution >= 4 is 51.7 Å². The van der Waals surface area contributed by atoms with Crippen molar-refractivity contribution in [2.24, 2.45) is 10.7 Å². The monoisotopic (exact) mass is 455 g/mol. The van der Waals surface area contributed by atoms with E-state index in [2.05, 4.69) is 34.6 Å². The lowest BCUT2D eigenvalue weighted by atomic mass is 10.0. The fourth-order valence-electron chi connectivity index (χ4n) is 3.51. The molecule has 5 rings (SSSR count). The lowest BCUT2D eigenvalue weighted by Crippen LogP contribution is -2.20. The summed E-state index contributed by atoms with van der Waals surface area (Å²) in [6.45, 7) is 0.474. The van der Waals surface area contributed by atoms with Gasteiger partial charge >= 0.3 is 0 Å². The molecule has 0 atom stereocenters. The van der Waals surface area contributed by atoms with Crippen LogP contribution in [-0.2, 0) is 6.61 Å². The van der Waals surface area contributed by atoms with E-state index in [-0.39, 0.29) is 0 Å². The molecule has 0 bridgehead atoms. The van der Waals surface area contributed by atoms with Crippen molar-refractivity contribution in [1.82, 2.24) is 0 Å². The SMILES string of the molecule is NC(=Nc1ccc(COc2ccc3c(c2)Nc2ccccc2S3)cc1)C1=CC=CCC1=S. The first-order chi connectivity index (χ1) is 15.7. The molecule has 1 aliphatic heterocycles. The molecule has 0 unspecified atom stereocenters. The molecular weight excluding hydrogens is 434 g/mol. The molecule has 3 aromatic carbocycles. The van der Waals surface area contributed by atoms with Gasteiger partial charge in [0.1, 0.15) is 18.2 Å². The summed E-state index contributed by atoms with van der Waals surface area (Å²) >= 11 is 7.14. The fourth-order valence-corrected chi connectivity index (χ4v) is 4.75. The predicted octanol–water partition coefficient (Wildman–Crippen LogP) is 6.72. The molecule has 158 valence electrons. The van der Waals surface area contributed by atoms with Crippen LogP contribution in [0.2, 0.25) is 0 Å². The van der Waals surface area contributed by atoms with Crippen LogP contribution in [0.25, 0.3) is 0 Å². The summed E-state index contributed by atoms with van der Waals surface area (Å²) < 4.78 is 6.03. The number of hydrogen-bond acceptors (Lipinski definition) is 5. The Kier molecular flexibility index (Phi) is 5.79. The van der Waals surface area contributed by atoms with Gasteiger partial charge in [-0.05, 0) is 42.0 Å². The second kappa shape index (κ2) is 9.02. The number of amidine groups is 1. The Hall–Kier alpha value is -3.35. The summed E-state index contributed by atoms with van der Waals surface area (Å²) in [4.78, 5) is 7.76. The van der Waals surface area contributed by atoms with Gasteiger partial charge in [-0.15, -0.1) is 0 Å². The van der Waals surface area contributed by atoms with Gasteiger partial charge in [-0.3, -0.25) is 0 Å². The van der Waals surface area contributed by atoms with E-state index in [1.807, 2.05) is 60.7 Å². The maximum Gasteiger partial charge on any atom is 0.132 e. The van der Waals surface area contributed by atoms with Gasteiger partial charge in [0.2, 0.25) is 0 Å². The Morgan fingerprint density at radius 1 is 1.03 bits per heavy atom. The zero-order valence-corrected chi connectivity index (χ0v) is 18.9. The number of thiocarbonyl (C=S) groups is 1. The van der Waals surface area contributed by atoms with Gasteiger partial charge in [0.05, 0.1) is 17.1 Å². The quantitative estimate of drug-likeness (QED) is 0.199. The third-order valence-electron chi connectivity index (χ3n) is 5.20. The van der Waals surface area contributed by atoms with Crippen LogP contribution in [-0.4, -0.2) is 10.7 Å². The van der Waals surface area contributed by atoms with Crippen molar-refractivity contribution in [1.29, 1.82) is 0 Å². The number of fused-ring (bicyclic) bond motifs is 2. The highest BCUT2D eigenvalue weighted by atomic mass is 32.2. The predicted molar refractivity (Wildman–Crippen MR) is 137 cm³/mol. The highest BCUT2D eigenvalue weighted by Gasteiger charge is 2.15. The van der Waals surface area contributed by atoms with Gasteiger partial charge in [0.25, 0.3) is 0 Å². The van der Waals surface area contributed by atoms with E-state index in [0.717, 1.165) is 45.2 Å². The average molecular weight is 456 g/mol. The highest BCUT2D eigenvalue weighted by molar-refractivity contribution is 7.99. The van der Waals surface area contributed by atoms with Gasteiger partial charge in [-0.25, -0.2) is 4.99 Å². The topological polar surface area (TPSA) is 59.6 Å². The number of allylic oxidation sites excluding steroid dienone is 3. The Morgan fingerprint density at radius 2 is 1.84 bits per heavy atom. The van der Waals surface area contributed by atoms with Gasteiger partial charge < -0.3 is 15.8 Å². The molecule has 0 fully saturated rings. The lowest BCUT2D eigenvalue weighted by Gasteiger charge is -2.21. The molecule has 1 aliphatic carbocycles. The van der Waals surface area contributed by atoms with Crippen LogP contribution in [0, 0.1) is 0 Å². The van der Waals surface area contributed by atoms with Crippen LogP contribution in [0.4, 0.5) is 17.1 Å². The first kappa shape index (κ1) is 20.5. The second-order valence-electron chi connectivity index (χ2n) is 7.47. The summed E-state index contributed by atoms with van der Waals surface area (Å²) in [5, 5.41) is 3.49. The van der Waals surface area contributed by atoms with E-state index in [0.29, 0.717) is 12.4 Å². The molecule has 3 aromatic rings. The summed E-state index contributed by atoms with van der Waals surface area (Å²) in [7, 11) is 0. The standard InChI is InChI=1S/C26H21N3OS2/c27-26(20-5-1-3-7-23(20)31)28-18-11-9-17(10-12-18)16-30-19-13-14-25-22(15-19)29-21-6-2-4-8-24(21)32-25/h1-6,8-15,29H,7,16H2,(H2,27,28). The van der Waals surface area contributed by atoms with E-state index in [9.17, 15) is 0 Å². The van der Waals surface area contributed by atoms with Crippen molar-refractivity contribution in [2.75, 3.05) is 5.32 Å². The van der Waals surface area contributed by atoms with Crippen molar-refractivity contribution < 1.29 is 4.74 Å². The zero-order chi connectivity index (χ0) is 21.9. The smallest absolute Gasteiger partial charge is 0.132 e. The average Bonchev–Trinajstić information content (AvgIpc) is 2.82. The Bertz CT molecular complexity index is 1280. The Labute approximate surface area is 196 Å². The largest absolute Gasteiger partial charge is 0.489 e. The maximum absolute atomic E-state index is 6.16. The second-order valence-corrected chi connectivity index (χ2v) is 9.05. The fraction of sp³-hybridized carbons (Fsp3) is 0.0769. The number of anilines is 2. The molecule has 0 saturated heterocycles. The molecule has 0 amide bonds. The number of nitrogens with one attached hydrogen (secondary N) is 1. The summed E-state index contributed by atoms with van der Waals surface area (Å²) in [6, 6.07) is 22.3. The van der Waals surface area contributed by atoms with Crippen molar-refractivity contribution in [2.45, 2.75) is 22.8 Å². The van der Waals surface area contributed by atoms with E-state index >= 15 is 0 Å².